The number of fused-ring (bicyclic) bond motifs is 5. The van der Waals surface area contributed by atoms with Gasteiger partial charge in [-0.05, 0) is 49.9 Å². The Bertz CT molecular complexity index is 2550. The molecule has 1 spiro atoms. The van der Waals surface area contributed by atoms with Gasteiger partial charge in [-0.2, -0.15) is 0 Å². The van der Waals surface area contributed by atoms with Gasteiger partial charge in [0.25, 0.3) is 11.8 Å². The number of nitrogens with zero attached hydrogens (tertiary/aromatic N) is 3. The van der Waals surface area contributed by atoms with Crippen molar-refractivity contribution in [3.63, 3.8) is 0 Å². The molecule has 3 atom stereocenters. The number of halogens is 2. The third-order valence-electron chi connectivity index (χ3n) is 11.1. The fraction of sp³-hybridized carbons (Fsp3) is 0.289. The average Bonchev–Trinajstić information content (AvgIpc) is 3.60. The number of phosphoric acid groups is 1. The molecule has 3 aliphatic rings. The summed E-state index contributed by atoms with van der Waals surface area (Å²) >= 11 is 0. The lowest BCUT2D eigenvalue weighted by Gasteiger charge is -2.42. The molecule has 5 aromatic rings. The molecule has 4 heterocycles. The summed E-state index contributed by atoms with van der Waals surface area (Å²) in [5, 5.41) is 6.84. The lowest BCUT2D eigenvalue weighted by molar-refractivity contribution is -0.0656. The van der Waals surface area contributed by atoms with Gasteiger partial charge in [-0.15, -0.1) is 0 Å². The second-order valence-electron chi connectivity index (χ2n) is 15.3. The molecule has 61 heavy (non-hydrogen) atoms. The number of carbonyl (C=O) groups is 2. The van der Waals surface area contributed by atoms with Crippen molar-refractivity contribution >= 4 is 25.3 Å². The molecule has 1 aromatic heterocycles. The normalized spacial score (nSPS) is 19.4. The Kier molecular flexibility index (Phi) is 11.9. The first-order valence-electron chi connectivity index (χ1n) is 19.8. The molecular formula is C45H43F2N4O9P. The van der Waals surface area contributed by atoms with Gasteiger partial charge >= 0.3 is 7.82 Å². The quantitative estimate of drug-likeness (QED) is 0.109. The van der Waals surface area contributed by atoms with Crippen molar-refractivity contribution in [3.05, 3.63) is 165 Å². The molecule has 1 saturated heterocycles. The smallest absolute Gasteiger partial charge is 0.482 e. The third-order valence-corrected chi connectivity index (χ3v) is 12.5. The average molecular weight is 853 g/mol. The maximum atomic E-state index is 14.6. The maximum absolute atomic E-state index is 14.6. The number of oxime groups is 1. The molecule has 0 aliphatic carbocycles. The van der Waals surface area contributed by atoms with E-state index in [9.17, 15) is 27.7 Å². The van der Waals surface area contributed by atoms with E-state index in [2.05, 4.69) is 10.5 Å². The van der Waals surface area contributed by atoms with E-state index in [0.717, 1.165) is 22.9 Å². The maximum Gasteiger partial charge on any atom is 0.530 e. The minimum atomic E-state index is -4.35. The first-order chi connectivity index (χ1) is 29.4. The largest absolute Gasteiger partial charge is 0.530 e. The third kappa shape index (κ3) is 8.86. The monoisotopic (exact) mass is 852 g/mol. The Morgan fingerprint density at radius 2 is 1.59 bits per heavy atom. The minimum Gasteiger partial charge on any atom is -0.482 e. The van der Waals surface area contributed by atoms with Crippen LogP contribution in [-0.2, 0) is 44.8 Å². The predicted octanol–water partition coefficient (Wildman–Crippen LogP) is 8.27. The molecule has 316 valence electrons. The SMILES string of the molecule is CC1=NO[C@@]2(CC[C@H](C)N3C[C@H]2n2cc(C(=O)NCc4ccc(F)cc4F)c(=O)c(OCc4ccccc4OP(=O)(OCc4ccccc4)OCc4ccccc4)c2C3=O)C1. The van der Waals surface area contributed by atoms with Crippen molar-refractivity contribution < 1.29 is 46.1 Å². The zero-order valence-corrected chi connectivity index (χ0v) is 34.3. The van der Waals surface area contributed by atoms with Crippen molar-refractivity contribution in [3.8, 4) is 11.5 Å². The van der Waals surface area contributed by atoms with Gasteiger partial charge in [0.1, 0.15) is 29.6 Å². The van der Waals surface area contributed by atoms with Crippen LogP contribution < -0.4 is 20.0 Å². The number of aromatic nitrogens is 1. The van der Waals surface area contributed by atoms with E-state index in [4.69, 9.17) is 23.1 Å². The molecule has 2 amide bonds. The van der Waals surface area contributed by atoms with E-state index in [1.807, 2.05) is 74.5 Å². The highest BCUT2D eigenvalue weighted by Gasteiger charge is 2.54. The second kappa shape index (κ2) is 17.4. The molecule has 0 saturated carbocycles. The number of hydrogen-bond acceptors (Lipinski definition) is 10. The Balaban J connectivity index is 1.15. The van der Waals surface area contributed by atoms with Gasteiger partial charge in [0.05, 0.1) is 25.0 Å². The number of ether oxygens (including phenoxy) is 1. The van der Waals surface area contributed by atoms with Gasteiger partial charge in [-0.25, -0.2) is 13.3 Å². The number of benzene rings is 4. The van der Waals surface area contributed by atoms with E-state index in [1.165, 1.54) is 12.3 Å². The van der Waals surface area contributed by atoms with Crippen molar-refractivity contribution in [1.29, 1.82) is 0 Å². The Morgan fingerprint density at radius 3 is 2.25 bits per heavy atom. The lowest BCUT2D eigenvalue weighted by Crippen LogP contribution is -2.52. The Hall–Kier alpha value is -6.15. The predicted molar refractivity (Wildman–Crippen MR) is 220 cm³/mol. The molecule has 8 rings (SSSR count). The van der Waals surface area contributed by atoms with Crippen molar-refractivity contribution in [2.24, 2.45) is 5.16 Å². The number of phosphoric ester groups is 1. The highest BCUT2D eigenvalue weighted by Crippen LogP contribution is 2.52. The first-order valence-corrected chi connectivity index (χ1v) is 21.3. The molecule has 1 N–H and O–H groups in total. The van der Waals surface area contributed by atoms with E-state index >= 15 is 0 Å². The van der Waals surface area contributed by atoms with E-state index < -0.39 is 54.1 Å². The van der Waals surface area contributed by atoms with E-state index in [1.54, 1.807) is 33.7 Å². The molecule has 2 bridgehead atoms. The van der Waals surface area contributed by atoms with Crippen LogP contribution in [0.1, 0.15) is 82.3 Å². The second-order valence-corrected chi connectivity index (χ2v) is 16.9. The van der Waals surface area contributed by atoms with Gasteiger partial charge in [0, 0.05) is 48.9 Å². The van der Waals surface area contributed by atoms with Crippen molar-refractivity contribution in [1.82, 2.24) is 14.8 Å². The minimum absolute atomic E-state index is 0.00631. The van der Waals surface area contributed by atoms with Crippen LogP contribution in [0.5, 0.6) is 11.5 Å². The summed E-state index contributed by atoms with van der Waals surface area (Å²) in [4.78, 5) is 50.7. The summed E-state index contributed by atoms with van der Waals surface area (Å²) in [6.45, 7) is 3.04. The number of hydrogen-bond donors (Lipinski definition) is 1. The highest BCUT2D eigenvalue weighted by molar-refractivity contribution is 7.48. The molecule has 0 unspecified atom stereocenters. The summed E-state index contributed by atoms with van der Waals surface area (Å²) in [5.74, 6) is -3.38. The zero-order chi connectivity index (χ0) is 42.7. The number of nitrogens with one attached hydrogen (secondary N) is 1. The summed E-state index contributed by atoms with van der Waals surface area (Å²) in [6.07, 6.45) is 2.88. The van der Waals surface area contributed by atoms with Crippen LogP contribution in [0.15, 0.2) is 119 Å². The van der Waals surface area contributed by atoms with Gasteiger partial charge < -0.3 is 28.9 Å². The van der Waals surface area contributed by atoms with Crippen molar-refractivity contribution in [2.45, 2.75) is 77.2 Å². The van der Waals surface area contributed by atoms with Crippen LogP contribution in [-0.4, -0.2) is 45.2 Å². The van der Waals surface area contributed by atoms with Crippen molar-refractivity contribution in [2.75, 3.05) is 6.54 Å². The Labute approximate surface area is 350 Å². The highest BCUT2D eigenvalue weighted by atomic mass is 31.2. The van der Waals surface area contributed by atoms with Gasteiger partial charge in [-0.3, -0.25) is 23.4 Å². The number of amides is 2. The molecule has 3 aliphatic heterocycles. The molecular weight excluding hydrogens is 809 g/mol. The fourth-order valence-electron chi connectivity index (χ4n) is 7.87. The summed E-state index contributed by atoms with van der Waals surface area (Å²) < 4.78 is 68.3. The van der Waals surface area contributed by atoms with Gasteiger partial charge in [0.15, 0.2) is 17.0 Å². The van der Waals surface area contributed by atoms with E-state index in [-0.39, 0.29) is 61.5 Å². The summed E-state index contributed by atoms with van der Waals surface area (Å²) in [5.41, 5.74) is 0.228. The van der Waals surface area contributed by atoms with Crippen LogP contribution >= 0.6 is 7.82 Å². The molecule has 4 aromatic carbocycles. The summed E-state index contributed by atoms with van der Waals surface area (Å²) in [6, 6.07) is 26.8. The van der Waals surface area contributed by atoms with Crippen LogP contribution in [0, 0.1) is 11.6 Å². The topological polar surface area (TPSA) is 147 Å². The van der Waals surface area contributed by atoms with Crippen LogP contribution in [0.25, 0.3) is 0 Å². The number of pyridine rings is 1. The first kappa shape index (κ1) is 41.6. The number of rotatable bonds is 14. The Morgan fingerprint density at radius 1 is 0.918 bits per heavy atom. The van der Waals surface area contributed by atoms with Crippen LogP contribution in [0.2, 0.25) is 0 Å². The lowest BCUT2D eigenvalue weighted by atomic mass is 9.84. The molecule has 13 nitrogen and oxygen atoms in total. The summed E-state index contributed by atoms with van der Waals surface area (Å²) in [7, 11) is -4.35. The molecule has 1 fully saturated rings. The van der Waals surface area contributed by atoms with Gasteiger partial charge in [-0.1, -0.05) is 90.1 Å². The molecule has 16 heteroatoms. The van der Waals surface area contributed by atoms with E-state index in [0.29, 0.717) is 30.9 Å². The van der Waals surface area contributed by atoms with Crippen LogP contribution in [0.4, 0.5) is 8.78 Å². The fourth-order valence-corrected chi connectivity index (χ4v) is 9.08. The zero-order valence-electron chi connectivity index (χ0n) is 33.4. The standard InChI is InChI=1S/C45H43F2N4O9P/c1-29-22-45(60-49-29)20-19-30(2)50-25-39(45)51-24-36(43(53)48-23-33-17-18-35(46)21-37(33)47)41(52)42(40(51)44(50)54)56-28-34-15-9-10-16-38(34)59-61(55,57-26-31-11-5-3-6-12-31)58-27-32-13-7-4-8-14-32/h3-18,21,24,30,39H,19-20,22-23,25-28H2,1-2H3,(H,48,53)/t30-,39+,45-/m0/s1. The van der Waals surface area contributed by atoms with Gasteiger partial charge in [0.2, 0.25) is 5.43 Å². The molecule has 0 radical (unpaired) electrons. The number of carbonyl (C=O) groups excluding carboxylic acids is 2. The number of para-hydroxylation sites is 1. The van der Waals surface area contributed by atoms with Crippen LogP contribution in [0.3, 0.4) is 0 Å².